The van der Waals surface area contributed by atoms with E-state index in [-0.39, 0.29) is 36.7 Å². The number of amides is 1. The molecule has 9 nitrogen and oxygen atoms in total. The second-order valence-electron chi connectivity index (χ2n) is 9.62. The average Bonchev–Trinajstić information content (AvgIpc) is 3.60. The molecule has 3 aromatic rings. The number of H-pyrrole nitrogens is 1. The number of hydrogen-bond acceptors (Lipinski definition) is 7. The van der Waals surface area contributed by atoms with Crippen molar-refractivity contribution < 1.29 is 33.2 Å². The molecule has 3 aliphatic rings. The number of allylic oxidation sites excluding steroid dienone is 1. The van der Waals surface area contributed by atoms with Crippen LogP contribution in [0.3, 0.4) is 0 Å². The van der Waals surface area contributed by atoms with Gasteiger partial charge in [-0.25, -0.2) is 14.2 Å². The number of alkyl carbamates (subject to hydrolysis) is 1. The maximum atomic E-state index is 15.0. The van der Waals surface area contributed by atoms with Crippen LogP contribution in [0.25, 0.3) is 27.9 Å². The van der Waals surface area contributed by atoms with Crippen molar-refractivity contribution in [3.05, 3.63) is 53.9 Å². The number of carbonyl (C=O) groups excluding carboxylic acids is 1. The van der Waals surface area contributed by atoms with Gasteiger partial charge in [0.1, 0.15) is 24.0 Å². The Hall–Kier alpha value is -3.47. The summed E-state index contributed by atoms with van der Waals surface area (Å²) in [7, 11) is 1.36. The fourth-order valence-electron chi connectivity index (χ4n) is 5.28. The zero-order valence-electron chi connectivity index (χ0n) is 20.3. The molecule has 5 atom stereocenters. The Balaban J connectivity index is 1.16. The highest BCUT2D eigenvalue weighted by atomic mass is 19.1. The van der Waals surface area contributed by atoms with E-state index in [4.69, 9.17) is 14.2 Å². The predicted octanol–water partition coefficient (Wildman–Crippen LogP) is 3.57. The van der Waals surface area contributed by atoms with Crippen LogP contribution in [-0.2, 0) is 14.2 Å². The third-order valence-corrected chi connectivity index (χ3v) is 7.24. The third-order valence-electron chi connectivity index (χ3n) is 7.24. The van der Waals surface area contributed by atoms with Crippen molar-refractivity contribution in [1.82, 2.24) is 15.3 Å². The van der Waals surface area contributed by atoms with Crippen LogP contribution < -0.4 is 10.1 Å². The average molecular weight is 510 g/mol. The molecule has 10 heteroatoms. The van der Waals surface area contributed by atoms with Gasteiger partial charge in [-0.15, -0.1) is 0 Å². The molecule has 0 saturated carbocycles. The lowest BCUT2D eigenvalue weighted by molar-refractivity contribution is 0.00794. The number of rotatable bonds is 5. The summed E-state index contributed by atoms with van der Waals surface area (Å²) in [6, 6.07) is 10.9. The molecule has 2 aromatic heterocycles. The molecule has 1 amide bonds. The van der Waals surface area contributed by atoms with Crippen LogP contribution in [0.2, 0.25) is 0 Å². The molecule has 0 spiro atoms. The number of aliphatic hydroxyl groups excluding tert-OH is 1. The van der Waals surface area contributed by atoms with E-state index in [0.717, 1.165) is 24.8 Å². The lowest BCUT2D eigenvalue weighted by Gasteiger charge is -2.22. The number of halogens is 1. The Bertz CT molecular complexity index is 1340. The molecular formula is C27H28FN3O6. The molecule has 4 heterocycles. The van der Waals surface area contributed by atoms with Gasteiger partial charge in [0.15, 0.2) is 17.8 Å². The third kappa shape index (κ3) is 4.68. The SMILES string of the molecule is COC(=O)NC1CC=C(c2ccc(-c3nc4cc(O[C@@H]5CO[C@H]6[C@@H]5OC[C@H]6O)[nH]c4cc3F)cc2)CC1. The molecule has 1 aliphatic carbocycles. The van der Waals surface area contributed by atoms with Gasteiger partial charge in [0.25, 0.3) is 0 Å². The summed E-state index contributed by atoms with van der Waals surface area (Å²) in [4.78, 5) is 19.0. The first kappa shape index (κ1) is 23.9. The second kappa shape index (κ2) is 9.77. The highest BCUT2D eigenvalue weighted by molar-refractivity contribution is 5.81. The Labute approximate surface area is 212 Å². The van der Waals surface area contributed by atoms with Crippen molar-refractivity contribution >= 4 is 22.7 Å². The number of aromatic nitrogens is 2. The lowest BCUT2D eigenvalue weighted by Crippen LogP contribution is -2.35. The zero-order chi connectivity index (χ0) is 25.5. The van der Waals surface area contributed by atoms with Gasteiger partial charge in [0.05, 0.1) is 31.4 Å². The van der Waals surface area contributed by atoms with Gasteiger partial charge in [-0.1, -0.05) is 30.3 Å². The summed E-state index contributed by atoms with van der Waals surface area (Å²) >= 11 is 0. The van der Waals surface area contributed by atoms with E-state index in [1.165, 1.54) is 18.7 Å². The number of aromatic amines is 1. The van der Waals surface area contributed by atoms with E-state index >= 15 is 4.39 Å². The van der Waals surface area contributed by atoms with Crippen molar-refractivity contribution in [3.8, 4) is 17.1 Å². The van der Waals surface area contributed by atoms with Gasteiger partial charge in [0.2, 0.25) is 0 Å². The number of benzene rings is 1. The molecule has 1 unspecified atom stereocenters. The van der Waals surface area contributed by atoms with E-state index in [0.29, 0.717) is 29.1 Å². The van der Waals surface area contributed by atoms with Crippen molar-refractivity contribution in [2.24, 2.45) is 0 Å². The molecule has 2 saturated heterocycles. The van der Waals surface area contributed by atoms with E-state index in [2.05, 4.69) is 26.1 Å². The predicted molar refractivity (Wildman–Crippen MR) is 133 cm³/mol. The summed E-state index contributed by atoms with van der Waals surface area (Å²) in [5.74, 6) is 0.00615. The number of nitrogens with zero attached hydrogens (tertiary/aromatic N) is 1. The first-order valence-electron chi connectivity index (χ1n) is 12.4. The summed E-state index contributed by atoms with van der Waals surface area (Å²) in [5, 5.41) is 12.8. The van der Waals surface area contributed by atoms with Crippen LogP contribution in [0.1, 0.15) is 24.8 Å². The Morgan fingerprint density at radius 2 is 1.95 bits per heavy atom. The first-order valence-corrected chi connectivity index (χ1v) is 12.4. The van der Waals surface area contributed by atoms with E-state index in [1.807, 2.05) is 24.3 Å². The summed E-state index contributed by atoms with van der Waals surface area (Å²) < 4.78 is 36.9. The number of carbonyl (C=O) groups is 1. The first-order chi connectivity index (χ1) is 18.0. The fraction of sp³-hybridized carbons (Fsp3) is 0.407. The quantitative estimate of drug-likeness (QED) is 0.482. The second-order valence-corrected chi connectivity index (χ2v) is 9.62. The number of ether oxygens (including phenoxy) is 4. The Kier molecular flexibility index (Phi) is 6.31. The summed E-state index contributed by atoms with van der Waals surface area (Å²) in [6.45, 7) is 0.529. The van der Waals surface area contributed by atoms with Crippen LogP contribution in [0.5, 0.6) is 5.88 Å². The minimum absolute atomic E-state index is 0.0654. The van der Waals surface area contributed by atoms with Gasteiger partial charge in [0, 0.05) is 23.7 Å². The Morgan fingerprint density at radius 1 is 1.16 bits per heavy atom. The van der Waals surface area contributed by atoms with Crippen molar-refractivity contribution in [2.75, 3.05) is 20.3 Å². The number of hydrogen-bond donors (Lipinski definition) is 3. The molecule has 0 bridgehead atoms. The van der Waals surface area contributed by atoms with Crippen molar-refractivity contribution in [1.29, 1.82) is 0 Å². The smallest absolute Gasteiger partial charge is 0.407 e. The number of pyridine rings is 1. The van der Waals surface area contributed by atoms with Crippen LogP contribution in [0.15, 0.2) is 42.5 Å². The number of methoxy groups -OCH3 is 1. The van der Waals surface area contributed by atoms with Gasteiger partial charge in [-0.2, -0.15) is 0 Å². The molecule has 1 aromatic carbocycles. The number of nitrogens with one attached hydrogen (secondary N) is 2. The molecular weight excluding hydrogens is 481 g/mol. The zero-order valence-corrected chi connectivity index (χ0v) is 20.3. The minimum atomic E-state index is -0.652. The van der Waals surface area contributed by atoms with Crippen LogP contribution in [0, 0.1) is 5.82 Å². The van der Waals surface area contributed by atoms with Crippen LogP contribution in [-0.4, -0.2) is 71.9 Å². The van der Waals surface area contributed by atoms with E-state index in [9.17, 15) is 9.90 Å². The van der Waals surface area contributed by atoms with Crippen LogP contribution >= 0.6 is 0 Å². The number of fused-ring (bicyclic) bond motifs is 2. The maximum Gasteiger partial charge on any atom is 0.407 e. The van der Waals surface area contributed by atoms with Gasteiger partial charge in [-0.3, -0.25) is 0 Å². The minimum Gasteiger partial charge on any atom is -0.470 e. The summed E-state index contributed by atoms with van der Waals surface area (Å²) in [6.07, 6.45) is 2.36. The highest BCUT2D eigenvalue weighted by Crippen LogP contribution is 2.33. The van der Waals surface area contributed by atoms with Gasteiger partial charge < -0.3 is 34.4 Å². The van der Waals surface area contributed by atoms with Gasteiger partial charge >= 0.3 is 6.09 Å². The number of aliphatic hydroxyl groups is 1. The van der Waals surface area contributed by atoms with Gasteiger partial charge in [-0.05, 0) is 30.4 Å². The lowest BCUT2D eigenvalue weighted by atomic mass is 9.90. The molecule has 6 rings (SSSR count). The monoisotopic (exact) mass is 509 g/mol. The topological polar surface area (TPSA) is 115 Å². The largest absolute Gasteiger partial charge is 0.470 e. The van der Waals surface area contributed by atoms with Crippen LogP contribution in [0.4, 0.5) is 9.18 Å². The Morgan fingerprint density at radius 3 is 2.70 bits per heavy atom. The molecule has 37 heavy (non-hydrogen) atoms. The molecule has 2 fully saturated rings. The van der Waals surface area contributed by atoms with Crippen molar-refractivity contribution in [3.63, 3.8) is 0 Å². The summed E-state index contributed by atoms with van der Waals surface area (Å²) in [5.41, 5.74) is 4.30. The molecule has 3 N–H and O–H groups in total. The van der Waals surface area contributed by atoms with E-state index in [1.54, 1.807) is 6.07 Å². The highest BCUT2D eigenvalue weighted by Gasteiger charge is 2.48. The normalized spacial score (nSPS) is 27.1. The van der Waals surface area contributed by atoms with E-state index < -0.39 is 18.0 Å². The molecule has 194 valence electrons. The molecule has 2 aliphatic heterocycles. The fourth-order valence-corrected chi connectivity index (χ4v) is 5.28. The standard InChI is InChI=1S/C27H28FN3O6/c1-34-27(33)29-17-8-6-15(7-9-17)14-2-4-16(5-3-14)24-18(28)10-19-20(31-24)11-23(30-19)37-22-13-36-25-21(32)12-35-26(22)25/h2-6,10-11,17,21-22,25-26,30,32H,7-9,12-13H2,1H3,(H,29,33)/t17?,21-,22-,25-,26-/m1/s1. The molecule has 0 radical (unpaired) electrons. The van der Waals surface area contributed by atoms with Crippen molar-refractivity contribution in [2.45, 2.75) is 49.7 Å². The maximum absolute atomic E-state index is 15.0.